The lowest BCUT2D eigenvalue weighted by Gasteiger charge is -2.09. The highest BCUT2D eigenvalue weighted by molar-refractivity contribution is 7.90. The van der Waals surface area contributed by atoms with Crippen LogP contribution in [0.4, 0.5) is 13.2 Å². The van der Waals surface area contributed by atoms with E-state index in [1.165, 1.54) is 6.34 Å². The highest BCUT2D eigenvalue weighted by atomic mass is 32.2. The Morgan fingerprint density at radius 1 is 1.10 bits per heavy atom. The summed E-state index contributed by atoms with van der Waals surface area (Å²) in [6, 6.07) is 3.30. The molecule has 0 aromatic heterocycles. The summed E-state index contributed by atoms with van der Waals surface area (Å²) in [6.45, 7) is 1.48. The molecule has 20 heavy (non-hydrogen) atoms. The van der Waals surface area contributed by atoms with E-state index in [0.717, 1.165) is 50.2 Å². The lowest BCUT2D eigenvalue weighted by atomic mass is 10.2. The molecular formula is C12H13F3N2O2S. The zero-order valence-corrected chi connectivity index (χ0v) is 11.3. The smallest absolute Gasteiger partial charge is 0.362 e. The monoisotopic (exact) mass is 306 g/mol. The second kappa shape index (κ2) is 5.43. The first-order valence-corrected chi connectivity index (χ1v) is 7.45. The molecule has 1 heterocycles. The predicted molar refractivity (Wildman–Crippen MR) is 67.9 cm³/mol. The van der Waals surface area contributed by atoms with Gasteiger partial charge in [0.1, 0.15) is 6.34 Å². The van der Waals surface area contributed by atoms with Crippen molar-refractivity contribution in [1.29, 1.82) is 0 Å². The number of nitrogens with zero attached hydrogens (tertiary/aromatic N) is 2. The van der Waals surface area contributed by atoms with Gasteiger partial charge in [0.05, 0.1) is 10.5 Å². The van der Waals surface area contributed by atoms with Gasteiger partial charge >= 0.3 is 6.18 Å². The van der Waals surface area contributed by atoms with E-state index in [2.05, 4.69) is 4.40 Å². The maximum Gasteiger partial charge on any atom is 0.416 e. The van der Waals surface area contributed by atoms with Gasteiger partial charge < -0.3 is 4.90 Å². The van der Waals surface area contributed by atoms with E-state index in [9.17, 15) is 21.6 Å². The third-order valence-corrected chi connectivity index (χ3v) is 4.21. The van der Waals surface area contributed by atoms with Crippen LogP contribution in [0.5, 0.6) is 0 Å². The van der Waals surface area contributed by atoms with E-state index >= 15 is 0 Å². The molecule has 1 fully saturated rings. The van der Waals surface area contributed by atoms with Crippen molar-refractivity contribution in [1.82, 2.24) is 4.90 Å². The summed E-state index contributed by atoms with van der Waals surface area (Å²) in [5.74, 6) is 0. The Labute approximate surface area is 115 Å². The number of sulfonamides is 1. The second-order valence-electron chi connectivity index (χ2n) is 4.46. The number of halogens is 3. The van der Waals surface area contributed by atoms with E-state index in [4.69, 9.17) is 0 Å². The Hall–Kier alpha value is -1.57. The van der Waals surface area contributed by atoms with E-state index < -0.39 is 21.8 Å². The number of likely N-dealkylation sites (tertiary alicyclic amines) is 1. The Morgan fingerprint density at radius 2 is 1.65 bits per heavy atom. The van der Waals surface area contributed by atoms with Crippen molar-refractivity contribution in [2.75, 3.05) is 13.1 Å². The number of rotatable bonds is 3. The van der Waals surface area contributed by atoms with Gasteiger partial charge in [0.15, 0.2) is 0 Å². The fourth-order valence-corrected chi connectivity index (χ4v) is 2.72. The molecule has 0 aliphatic carbocycles. The molecule has 2 rings (SSSR count). The van der Waals surface area contributed by atoms with Crippen molar-refractivity contribution in [3.63, 3.8) is 0 Å². The largest absolute Gasteiger partial charge is 0.416 e. The van der Waals surface area contributed by atoms with Crippen molar-refractivity contribution in [3.8, 4) is 0 Å². The van der Waals surface area contributed by atoms with E-state index in [1.54, 1.807) is 4.90 Å². The molecule has 0 atom stereocenters. The predicted octanol–water partition coefficient (Wildman–Crippen LogP) is 2.52. The summed E-state index contributed by atoms with van der Waals surface area (Å²) in [6.07, 6.45) is -1.29. The molecule has 4 nitrogen and oxygen atoms in total. The Morgan fingerprint density at radius 3 is 2.15 bits per heavy atom. The van der Waals surface area contributed by atoms with Gasteiger partial charge in [0.2, 0.25) is 0 Å². The maximum absolute atomic E-state index is 12.4. The van der Waals surface area contributed by atoms with Gasteiger partial charge in [-0.25, -0.2) is 0 Å². The normalized spacial score (nSPS) is 17.1. The molecule has 0 spiro atoms. The molecule has 0 amide bonds. The second-order valence-corrected chi connectivity index (χ2v) is 6.09. The molecule has 1 aromatic carbocycles. The van der Waals surface area contributed by atoms with Crippen molar-refractivity contribution in [3.05, 3.63) is 29.8 Å². The fourth-order valence-electron chi connectivity index (χ4n) is 1.86. The van der Waals surface area contributed by atoms with Crippen LogP contribution in [0.15, 0.2) is 33.6 Å². The summed E-state index contributed by atoms with van der Waals surface area (Å²) in [5, 5.41) is 0. The van der Waals surface area contributed by atoms with Crippen LogP contribution in [0.3, 0.4) is 0 Å². The molecule has 0 bridgehead atoms. The number of alkyl halides is 3. The maximum atomic E-state index is 12.4. The number of hydrogen-bond donors (Lipinski definition) is 0. The van der Waals surface area contributed by atoms with Crippen LogP contribution in [0.25, 0.3) is 0 Å². The Bertz CT molecular complexity index is 588. The summed E-state index contributed by atoms with van der Waals surface area (Å²) in [4.78, 5) is 1.52. The van der Waals surface area contributed by atoms with Gasteiger partial charge in [0, 0.05) is 13.1 Å². The van der Waals surface area contributed by atoms with Crippen LogP contribution in [0, 0.1) is 0 Å². The first-order valence-electron chi connectivity index (χ1n) is 6.01. The summed E-state index contributed by atoms with van der Waals surface area (Å²) in [7, 11) is -3.95. The van der Waals surface area contributed by atoms with Crippen molar-refractivity contribution in [2.45, 2.75) is 23.9 Å². The summed E-state index contributed by atoms with van der Waals surface area (Å²) in [5.41, 5.74) is -0.889. The molecular weight excluding hydrogens is 293 g/mol. The SMILES string of the molecule is O=S(=O)(/N=C/N1CCCC1)c1ccc(C(F)(F)F)cc1. The van der Waals surface area contributed by atoms with Gasteiger partial charge in [-0.3, -0.25) is 0 Å². The zero-order chi connectivity index (χ0) is 14.8. The van der Waals surface area contributed by atoms with E-state index in [0.29, 0.717) is 0 Å². The minimum atomic E-state index is -4.49. The molecule has 1 saturated heterocycles. The number of benzene rings is 1. The quantitative estimate of drug-likeness (QED) is 0.637. The lowest BCUT2D eigenvalue weighted by Crippen LogP contribution is -2.17. The highest BCUT2D eigenvalue weighted by Crippen LogP contribution is 2.29. The fraction of sp³-hybridized carbons (Fsp3) is 0.417. The van der Waals surface area contributed by atoms with E-state index in [1.807, 2.05) is 0 Å². The van der Waals surface area contributed by atoms with Gasteiger partial charge in [-0.1, -0.05) is 0 Å². The van der Waals surface area contributed by atoms with Gasteiger partial charge in [-0.2, -0.15) is 21.6 Å². The van der Waals surface area contributed by atoms with Crippen LogP contribution in [-0.2, 0) is 16.2 Å². The average molecular weight is 306 g/mol. The summed E-state index contributed by atoms with van der Waals surface area (Å²) >= 11 is 0. The Balaban J connectivity index is 2.17. The highest BCUT2D eigenvalue weighted by Gasteiger charge is 2.30. The first-order chi connectivity index (χ1) is 9.29. The Kier molecular flexibility index (Phi) is 4.03. The van der Waals surface area contributed by atoms with Crippen LogP contribution in [0.2, 0.25) is 0 Å². The molecule has 0 unspecified atom stereocenters. The van der Waals surface area contributed by atoms with Crippen LogP contribution >= 0.6 is 0 Å². The van der Waals surface area contributed by atoms with Crippen LogP contribution in [-0.4, -0.2) is 32.7 Å². The van der Waals surface area contributed by atoms with Crippen molar-refractivity contribution < 1.29 is 21.6 Å². The minimum Gasteiger partial charge on any atom is -0.362 e. The minimum absolute atomic E-state index is 0.249. The van der Waals surface area contributed by atoms with Gasteiger partial charge in [-0.05, 0) is 37.1 Å². The molecule has 1 aliphatic rings. The zero-order valence-electron chi connectivity index (χ0n) is 10.5. The molecule has 0 N–H and O–H groups in total. The molecule has 1 aliphatic heterocycles. The third kappa shape index (κ3) is 3.50. The van der Waals surface area contributed by atoms with Gasteiger partial charge in [-0.15, -0.1) is 4.40 Å². The summed E-state index contributed by atoms with van der Waals surface area (Å²) < 4.78 is 64.3. The van der Waals surface area contributed by atoms with Crippen LogP contribution in [0.1, 0.15) is 18.4 Å². The number of hydrogen-bond acceptors (Lipinski definition) is 2. The average Bonchev–Trinajstić information content (AvgIpc) is 2.89. The third-order valence-electron chi connectivity index (χ3n) is 2.97. The molecule has 110 valence electrons. The molecule has 0 saturated carbocycles. The standard InChI is InChI=1S/C12H13F3N2O2S/c13-12(14,15)10-3-5-11(6-4-10)20(18,19)16-9-17-7-1-2-8-17/h3-6,9H,1-2,7-8H2/b16-9+. The van der Waals surface area contributed by atoms with Crippen molar-refractivity contribution >= 4 is 16.4 Å². The molecule has 0 radical (unpaired) electrons. The van der Waals surface area contributed by atoms with E-state index in [-0.39, 0.29) is 4.90 Å². The van der Waals surface area contributed by atoms with Crippen molar-refractivity contribution in [2.24, 2.45) is 4.40 Å². The van der Waals surface area contributed by atoms with Gasteiger partial charge in [0.25, 0.3) is 10.0 Å². The molecule has 1 aromatic rings. The van der Waals surface area contributed by atoms with Crippen LogP contribution < -0.4 is 0 Å². The molecule has 8 heteroatoms. The first kappa shape index (κ1) is 14.8. The topological polar surface area (TPSA) is 49.7 Å². The lowest BCUT2D eigenvalue weighted by molar-refractivity contribution is -0.137.